The molecule has 2 N–H and O–H groups in total. The Morgan fingerprint density at radius 1 is 0.882 bits per heavy atom. The average Bonchev–Trinajstić information content (AvgIpc) is 4.01. The Hall–Kier alpha value is -5.98. The fourth-order valence-corrected chi connectivity index (χ4v) is 12.7. The number of imide groups is 1. The van der Waals surface area contributed by atoms with E-state index in [0.29, 0.717) is 36.4 Å². The van der Waals surface area contributed by atoms with Crippen molar-refractivity contribution < 1.29 is 28.2 Å². The molecule has 404 valence electrons. The Kier molecular flexibility index (Phi) is 16.1. The molecule has 3 aromatic heterocycles. The number of piperidine rings is 3. The number of aromatic nitrogens is 4. The summed E-state index contributed by atoms with van der Waals surface area (Å²) >= 11 is 0. The van der Waals surface area contributed by atoms with Crippen LogP contribution in [0.15, 0.2) is 79.0 Å². The maximum atomic E-state index is 15.3. The third-order valence-corrected chi connectivity index (χ3v) is 18.5. The molecule has 0 spiro atoms. The number of aryl methyl sites for hydroxylation is 1. The van der Waals surface area contributed by atoms with E-state index in [9.17, 15) is 14.4 Å². The van der Waals surface area contributed by atoms with Crippen molar-refractivity contribution in [3.8, 4) is 11.1 Å². The number of likely N-dealkylation sites (tertiary alicyclic amines) is 2. The van der Waals surface area contributed by atoms with E-state index in [1.165, 1.54) is 17.3 Å². The van der Waals surface area contributed by atoms with Gasteiger partial charge in [0.1, 0.15) is 36.2 Å². The highest BCUT2D eigenvalue weighted by atomic mass is 28.3. The van der Waals surface area contributed by atoms with Gasteiger partial charge in [0.2, 0.25) is 11.8 Å². The number of hydrogen-bond donors (Lipinski definition) is 2. The number of methoxy groups -OCH3 is 1. The fourth-order valence-electron chi connectivity index (χ4n) is 11.9. The third-order valence-electron chi connectivity index (χ3n) is 16.8. The van der Waals surface area contributed by atoms with Gasteiger partial charge in [-0.3, -0.25) is 29.5 Å². The van der Waals surface area contributed by atoms with Crippen LogP contribution in [-0.2, 0) is 32.8 Å². The molecular formula is C59H77FN10O5Si. The number of rotatable bonds is 17. The normalized spacial score (nSPS) is 19.7. The summed E-state index contributed by atoms with van der Waals surface area (Å²) in [5.41, 5.74) is 9.60. The zero-order chi connectivity index (χ0) is 53.3. The maximum Gasteiger partial charge on any atom is 0.253 e. The summed E-state index contributed by atoms with van der Waals surface area (Å²) in [6.07, 6.45) is 6.47. The number of anilines is 2. The molecule has 76 heavy (non-hydrogen) atoms. The first-order chi connectivity index (χ1) is 36.6. The van der Waals surface area contributed by atoms with Gasteiger partial charge >= 0.3 is 0 Å². The van der Waals surface area contributed by atoms with E-state index in [4.69, 9.17) is 19.4 Å². The van der Waals surface area contributed by atoms with E-state index in [1.54, 1.807) is 19.2 Å². The maximum absolute atomic E-state index is 15.3. The number of amides is 3. The number of nitrogens with zero attached hydrogens (tertiary/aromatic N) is 8. The van der Waals surface area contributed by atoms with Crippen molar-refractivity contribution in [3.05, 3.63) is 107 Å². The van der Waals surface area contributed by atoms with Crippen LogP contribution in [0.2, 0.25) is 25.7 Å². The van der Waals surface area contributed by atoms with Crippen LogP contribution in [0.1, 0.15) is 97.9 Å². The first-order valence-corrected chi connectivity index (χ1v) is 31.4. The molecule has 3 amide bonds. The molecule has 3 aromatic carbocycles. The van der Waals surface area contributed by atoms with E-state index in [-0.39, 0.29) is 42.1 Å². The summed E-state index contributed by atoms with van der Waals surface area (Å²) in [6.45, 7) is 20.3. The lowest BCUT2D eigenvalue weighted by atomic mass is 9.88. The zero-order valence-electron chi connectivity index (χ0n) is 45.6. The second-order valence-corrected chi connectivity index (χ2v) is 28.6. The molecule has 6 aromatic rings. The minimum absolute atomic E-state index is 0.117. The van der Waals surface area contributed by atoms with Crippen molar-refractivity contribution in [2.24, 2.45) is 13.0 Å². The quantitative estimate of drug-likeness (QED) is 0.0513. The lowest BCUT2D eigenvalue weighted by Gasteiger charge is -2.39. The number of piperazine rings is 1. The molecule has 7 heterocycles. The largest absolute Gasteiger partial charge is 0.374 e. The van der Waals surface area contributed by atoms with Crippen LogP contribution in [0.4, 0.5) is 15.8 Å². The van der Waals surface area contributed by atoms with Gasteiger partial charge in [-0.25, -0.2) is 14.4 Å². The smallest absolute Gasteiger partial charge is 0.253 e. The van der Waals surface area contributed by atoms with Gasteiger partial charge in [0.25, 0.3) is 5.91 Å². The minimum atomic E-state index is -1.23. The van der Waals surface area contributed by atoms with Gasteiger partial charge in [0, 0.05) is 116 Å². The number of fused-ring (bicyclic) bond motifs is 2. The summed E-state index contributed by atoms with van der Waals surface area (Å²) in [4.78, 5) is 56.5. The number of carbonyl (C=O) groups excluding carboxylic acids is 3. The Morgan fingerprint density at radius 2 is 1.63 bits per heavy atom. The molecule has 0 radical (unpaired) electrons. The number of imidazole rings is 1. The van der Waals surface area contributed by atoms with E-state index < -0.39 is 14.1 Å². The van der Waals surface area contributed by atoms with Gasteiger partial charge in [-0.2, -0.15) is 0 Å². The van der Waals surface area contributed by atoms with Gasteiger partial charge in [-0.1, -0.05) is 37.8 Å². The molecule has 3 atom stereocenters. The molecular weight excluding hydrogens is 976 g/mol. The number of nitrogens with one attached hydrogen (secondary N) is 2. The minimum Gasteiger partial charge on any atom is -0.374 e. The van der Waals surface area contributed by atoms with E-state index in [2.05, 4.69) is 111 Å². The Bertz CT molecular complexity index is 3040. The summed E-state index contributed by atoms with van der Waals surface area (Å²) < 4.78 is 31.8. The highest BCUT2D eigenvalue weighted by Crippen LogP contribution is 2.38. The van der Waals surface area contributed by atoms with Crippen LogP contribution in [0.25, 0.3) is 33.2 Å². The van der Waals surface area contributed by atoms with Crippen molar-refractivity contribution >= 4 is 59.2 Å². The molecule has 0 saturated carbocycles. The predicted octanol–water partition coefficient (Wildman–Crippen LogP) is 9.58. The Morgan fingerprint density at radius 3 is 2.33 bits per heavy atom. The predicted molar refractivity (Wildman–Crippen MR) is 301 cm³/mol. The first-order valence-electron chi connectivity index (χ1n) is 27.7. The third kappa shape index (κ3) is 11.8. The van der Waals surface area contributed by atoms with Crippen LogP contribution in [0, 0.1) is 11.7 Å². The van der Waals surface area contributed by atoms with Gasteiger partial charge in [-0.15, -0.1) is 0 Å². The standard InChI is InChI=1S/C59H77FN10O5Si/c1-39(53-36-48-47(18-23-61-57(48)65(53)3)45-12-14-50-54(34-45)70(56(63-50)40(2)74-4)38-75-32-33-76(5,6)7)67-26-21-43(22-27-67)42-8-10-44(11-9-42)59(73)69-24-19-41(20-25-69)37-66-28-30-68(31-29-66)52-16-13-46(35-49(52)60)62-51-15-17-55(71)64-58(51)72/h8-14,16,18,23,34-36,39-41,43,51,62H,15,17,19-22,24-33,37-38H2,1-7H3,(H,64,71,72)/t39-,40-,51?/m0/s1. The highest BCUT2D eigenvalue weighted by Gasteiger charge is 2.31. The first kappa shape index (κ1) is 53.4. The van der Waals surface area contributed by atoms with Gasteiger partial charge < -0.3 is 33.7 Å². The van der Waals surface area contributed by atoms with Crippen molar-refractivity contribution in [2.75, 3.05) is 82.8 Å². The average molecular weight is 1050 g/mol. The molecule has 1 unspecified atom stereocenters. The van der Waals surface area contributed by atoms with Gasteiger partial charge in [0.05, 0.1) is 16.7 Å². The summed E-state index contributed by atoms with van der Waals surface area (Å²) in [6, 6.07) is 25.2. The van der Waals surface area contributed by atoms with Crippen molar-refractivity contribution in [1.29, 1.82) is 0 Å². The molecule has 4 fully saturated rings. The number of ether oxygens (including phenoxy) is 2. The van der Waals surface area contributed by atoms with Gasteiger partial charge in [-0.05, 0) is 148 Å². The van der Waals surface area contributed by atoms with Crippen LogP contribution < -0.4 is 15.5 Å². The van der Waals surface area contributed by atoms with Crippen LogP contribution >= 0.6 is 0 Å². The van der Waals surface area contributed by atoms with Crippen LogP contribution in [0.3, 0.4) is 0 Å². The van der Waals surface area contributed by atoms with E-state index >= 15 is 4.39 Å². The molecule has 4 saturated heterocycles. The SMILES string of the molecule is CO[C@@H](C)c1nc2ccc(-c3ccnc4c3cc([C@H](C)N3CCC(c5ccc(C(=O)N6CCC(CN7CCN(c8ccc(NC9CCC(=O)NC9=O)cc8F)CC7)CC6)cc5)CC3)n4C)cc2n1COCC[Si](C)(C)C. The molecule has 4 aliphatic rings. The molecule has 15 nitrogen and oxygen atoms in total. The van der Waals surface area contributed by atoms with E-state index in [0.717, 1.165) is 142 Å². The Labute approximate surface area is 448 Å². The number of pyridine rings is 1. The second-order valence-electron chi connectivity index (χ2n) is 23.0. The number of benzene rings is 3. The number of carbonyl (C=O) groups is 3. The summed E-state index contributed by atoms with van der Waals surface area (Å²) in [7, 11) is 2.64. The fraction of sp³-hybridized carbons (Fsp3) is 0.508. The molecule has 10 rings (SSSR count). The monoisotopic (exact) mass is 1050 g/mol. The lowest BCUT2D eigenvalue weighted by Crippen LogP contribution is -2.49. The van der Waals surface area contributed by atoms with E-state index in [1.807, 2.05) is 30.2 Å². The molecule has 0 aliphatic carbocycles. The van der Waals surface area contributed by atoms with Crippen LogP contribution in [0.5, 0.6) is 0 Å². The van der Waals surface area contributed by atoms with Crippen molar-refractivity contribution in [2.45, 2.75) is 109 Å². The Balaban J connectivity index is 0.696. The van der Waals surface area contributed by atoms with Crippen molar-refractivity contribution in [3.63, 3.8) is 0 Å². The molecule has 4 aliphatic heterocycles. The number of halogens is 1. The van der Waals surface area contributed by atoms with Crippen molar-refractivity contribution in [1.82, 2.24) is 39.1 Å². The molecule has 0 bridgehead atoms. The summed E-state index contributed by atoms with van der Waals surface area (Å²) in [5, 5.41) is 6.55. The number of hydrogen-bond acceptors (Lipinski definition) is 11. The topological polar surface area (TPSA) is 142 Å². The van der Waals surface area contributed by atoms with Gasteiger partial charge in [0.15, 0.2) is 0 Å². The second kappa shape index (κ2) is 22.9. The van der Waals surface area contributed by atoms with Crippen LogP contribution in [-0.4, -0.2) is 138 Å². The molecule has 17 heteroatoms. The highest BCUT2D eigenvalue weighted by molar-refractivity contribution is 6.76. The summed E-state index contributed by atoms with van der Waals surface area (Å²) in [5.74, 6) is 0.966. The zero-order valence-corrected chi connectivity index (χ0v) is 46.6. The lowest BCUT2D eigenvalue weighted by molar-refractivity contribution is -0.133.